The zero-order valence-electron chi connectivity index (χ0n) is 14.4. The second kappa shape index (κ2) is 8.50. The summed E-state index contributed by atoms with van der Waals surface area (Å²) in [5, 5.41) is 2.97. The van der Waals surface area contributed by atoms with Gasteiger partial charge in [-0.25, -0.2) is 4.98 Å². The lowest BCUT2D eigenvalue weighted by Gasteiger charge is -2.16. The second-order valence-corrected chi connectivity index (χ2v) is 8.76. The van der Waals surface area contributed by atoms with Crippen molar-refractivity contribution in [2.75, 3.05) is 0 Å². The third kappa shape index (κ3) is 5.06. The average Bonchev–Trinajstić information content (AvgIpc) is 3.03. The van der Waals surface area contributed by atoms with E-state index in [0.29, 0.717) is 0 Å². The molecule has 0 saturated carbocycles. The third-order valence-corrected chi connectivity index (χ3v) is 6.25. The van der Waals surface area contributed by atoms with E-state index in [9.17, 15) is 4.79 Å². The maximum atomic E-state index is 12.4. The van der Waals surface area contributed by atoms with Gasteiger partial charge < -0.3 is 5.32 Å². The van der Waals surface area contributed by atoms with Crippen molar-refractivity contribution in [2.24, 2.45) is 0 Å². The molecule has 0 unspecified atom stereocenters. The van der Waals surface area contributed by atoms with Crippen molar-refractivity contribution in [3.8, 4) is 0 Å². The van der Waals surface area contributed by atoms with E-state index < -0.39 is 0 Å². The van der Waals surface area contributed by atoms with E-state index in [1.54, 1.807) is 11.3 Å². The molecule has 0 aliphatic carbocycles. The number of aromatic nitrogens is 1. The van der Waals surface area contributed by atoms with E-state index in [4.69, 9.17) is 0 Å². The molecule has 130 valence electrons. The number of rotatable bonds is 7. The highest BCUT2D eigenvalue weighted by molar-refractivity contribution is 8.02. The van der Waals surface area contributed by atoms with E-state index in [1.807, 2.05) is 31.2 Å². The molecule has 25 heavy (non-hydrogen) atoms. The zero-order valence-corrected chi connectivity index (χ0v) is 16.1. The van der Waals surface area contributed by atoms with Crippen LogP contribution in [0.5, 0.6) is 0 Å². The smallest absolute Gasteiger partial charge is 0.233 e. The fraction of sp³-hybridized carbons (Fsp3) is 0.300. The molecule has 1 amide bonds. The monoisotopic (exact) mass is 370 g/mol. The first-order chi connectivity index (χ1) is 12.1. The predicted octanol–water partition coefficient (Wildman–Crippen LogP) is 4.91. The van der Waals surface area contributed by atoms with E-state index in [0.717, 1.165) is 27.4 Å². The molecule has 0 aliphatic rings. The number of benzene rings is 2. The van der Waals surface area contributed by atoms with Gasteiger partial charge in [0.2, 0.25) is 5.91 Å². The van der Waals surface area contributed by atoms with Crippen LogP contribution in [0, 0.1) is 0 Å². The highest BCUT2D eigenvalue weighted by Gasteiger charge is 2.18. The summed E-state index contributed by atoms with van der Waals surface area (Å²) in [5.41, 5.74) is 2.30. The highest BCUT2D eigenvalue weighted by atomic mass is 32.2. The molecule has 1 heterocycles. The second-order valence-electron chi connectivity index (χ2n) is 6.14. The number of para-hydroxylation sites is 1. The highest BCUT2D eigenvalue weighted by Crippen LogP contribution is 2.31. The van der Waals surface area contributed by atoms with Crippen molar-refractivity contribution >= 4 is 39.2 Å². The molecule has 3 aromatic rings. The number of aryl methyl sites for hydroxylation is 1. The number of hydrogen-bond acceptors (Lipinski definition) is 4. The number of thioether (sulfide) groups is 1. The molecular formula is C20H22N2OS2. The number of fused-ring (bicyclic) bond motifs is 1. The van der Waals surface area contributed by atoms with Gasteiger partial charge in [-0.1, -0.05) is 54.2 Å². The summed E-state index contributed by atoms with van der Waals surface area (Å²) >= 11 is 3.17. The van der Waals surface area contributed by atoms with Crippen LogP contribution in [0.15, 0.2) is 58.9 Å². The molecular weight excluding hydrogens is 348 g/mol. The number of carbonyl (C=O) groups is 1. The number of carbonyl (C=O) groups excluding carboxylic acids is 1. The molecule has 0 aliphatic heterocycles. The molecule has 0 radical (unpaired) electrons. The van der Waals surface area contributed by atoms with Gasteiger partial charge in [-0.3, -0.25) is 4.79 Å². The third-order valence-electron chi connectivity index (χ3n) is 4.02. The first-order valence-electron chi connectivity index (χ1n) is 8.48. The number of nitrogens with zero attached hydrogens (tertiary/aromatic N) is 1. The SMILES string of the molecule is C[C@@H](CCc1ccccc1)NC(=O)[C@@H](C)Sc1nc2ccccc2s1. The molecule has 1 aromatic heterocycles. The van der Waals surface area contributed by atoms with Gasteiger partial charge in [0.1, 0.15) is 0 Å². The Hall–Kier alpha value is -1.85. The molecule has 3 rings (SSSR count). The number of hydrogen-bond donors (Lipinski definition) is 1. The Kier molecular flexibility index (Phi) is 6.10. The largest absolute Gasteiger partial charge is 0.353 e. The van der Waals surface area contributed by atoms with E-state index in [-0.39, 0.29) is 17.2 Å². The van der Waals surface area contributed by atoms with Gasteiger partial charge in [-0.2, -0.15) is 0 Å². The van der Waals surface area contributed by atoms with Crippen LogP contribution in [0.25, 0.3) is 10.2 Å². The van der Waals surface area contributed by atoms with Gasteiger partial charge in [0, 0.05) is 6.04 Å². The van der Waals surface area contributed by atoms with Gasteiger partial charge in [-0.15, -0.1) is 11.3 Å². The van der Waals surface area contributed by atoms with Crippen LogP contribution in [0.3, 0.4) is 0 Å². The normalized spacial score (nSPS) is 13.5. The van der Waals surface area contributed by atoms with Crippen molar-refractivity contribution in [1.29, 1.82) is 0 Å². The maximum absolute atomic E-state index is 12.4. The lowest BCUT2D eigenvalue weighted by atomic mass is 10.1. The first kappa shape index (κ1) is 18.0. The van der Waals surface area contributed by atoms with E-state index in [1.165, 1.54) is 17.3 Å². The number of nitrogens with one attached hydrogen (secondary N) is 1. The molecule has 0 spiro atoms. The summed E-state index contributed by atoms with van der Waals surface area (Å²) < 4.78 is 2.11. The molecule has 2 atom stereocenters. The molecule has 0 bridgehead atoms. The van der Waals surface area contributed by atoms with Crippen LogP contribution in [-0.4, -0.2) is 22.2 Å². The molecule has 3 nitrogen and oxygen atoms in total. The molecule has 0 saturated heterocycles. The summed E-state index contributed by atoms with van der Waals surface area (Å²) in [5.74, 6) is 0.0739. The van der Waals surface area contributed by atoms with Gasteiger partial charge in [0.15, 0.2) is 4.34 Å². The van der Waals surface area contributed by atoms with Crippen LogP contribution in [-0.2, 0) is 11.2 Å². The Morgan fingerprint density at radius 1 is 1.12 bits per heavy atom. The topological polar surface area (TPSA) is 42.0 Å². The van der Waals surface area contributed by atoms with Crippen LogP contribution < -0.4 is 5.32 Å². The Balaban J connectivity index is 1.49. The Morgan fingerprint density at radius 3 is 2.60 bits per heavy atom. The predicted molar refractivity (Wildman–Crippen MR) is 107 cm³/mol. The van der Waals surface area contributed by atoms with Crippen LogP contribution in [0.1, 0.15) is 25.8 Å². The van der Waals surface area contributed by atoms with Crippen molar-refractivity contribution in [3.05, 3.63) is 60.2 Å². The average molecular weight is 371 g/mol. The summed E-state index contributed by atoms with van der Waals surface area (Å²) in [7, 11) is 0. The minimum atomic E-state index is -0.153. The first-order valence-corrected chi connectivity index (χ1v) is 10.2. The number of thiazole rings is 1. The van der Waals surface area contributed by atoms with Crippen molar-refractivity contribution in [3.63, 3.8) is 0 Å². The summed E-state index contributed by atoms with van der Waals surface area (Å²) in [4.78, 5) is 17.0. The summed E-state index contributed by atoms with van der Waals surface area (Å²) in [6.45, 7) is 4.01. The standard InChI is InChI=1S/C20H22N2OS2/c1-14(12-13-16-8-4-3-5-9-16)21-19(23)15(2)24-20-22-17-10-6-7-11-18(17)25-20/h3-11,14-15H,12-13H2,1-2H3,(H,21,23)/t14-,15+/m0/s1. The molecule has 1 N–H and O–H groups in total. The Labute approximate surface area is 156 Å². The molecule has 0 fully saturated rings. The van der Waals surface area contributed by atoms with Crippen molar-refractivity contribution in [2.45, 2.75) is 42.3 Å². The van der Waals surface area contributed by atoms with Crippen molar-refractivity contribution < 1.29 is 4.79 Å². The van der Waals surface area contributed by atoms with Crippen LogP contribution in [0.4, 0.5) is 0 Å². The zero-order chi connectivity index (χ0) is 17.6. The van der Waals surface area contributed by atoms with Crippen LogP contribution >= 0.6 is 23.1 Å². The minimum absolute atomic E-state index is 0.0739. The fourth-order valence-corrected chi connectivity index (χ4v) is 4.79. The minimum Gasteiger partial charge on any atom is -0.353 e. The lowest BCUT2D eigenvalue weighted by molar-refractivity contribution is -0.120. The van der Waals surface area contributed by atoms with E-state index >= 15 is 0 Å². The van der Waals surface area contributed by atoms with Gasteiger partial charge in [-0.05, 0) is 44.4 Å². The Morgan fingerprint density at radius 2 is 1.84 bits per heavy atom. The summed E-state index contributed by atoms with van der Waals surface area (Å²) in [6.07, 6.45) is 1.91. The quantitative estimate of drug-likeness (QED) is 0.601. The molecule has 2 aromatic carbocycles. The number of amides is 1. The van der Waals surface area contributed by atoms with Crippen molar-refractivity contribution in [1.82, 2.24) is 10.3 Å². The van der Waals surface area contributed by atoms with Gasteiger partial charge >= 0.3 is 0 Å². The Bertz CT molecular complexity index is 799. The maximum Gasteiger partial charge on any atom is 0.233 e. The van der Waals surface area contributed by atoms with Gasteiger partial charge in [0.25, 0.3) is 0 Å². The van der Waals surface area contributed by atoms with Gasteiger partial charge in [0.05, 0.1) is 15.5 Å². The summed E-state index contributed by atoms with van der Waals surface area (Å²) in [6, 6.07) is 18.6. The lowest BCUT2D eigenvalue weighted by Crippen LogP contribution is -2.37. The fourth-order valence-electron chi connectivity index (χ4n) is 2.57. The van der Waals surface area contributed by atoms with Crippen LogP contribution in [0.2, 0.25) is 0 Å². The molecule has 5 heteroatoms. The van der Waals surface area contributed by atoms with E-state index in [2.05, 4.69) is 47.6 Å².